The molecule has 11 heteroatoms. The number of hydrogen-bond donors (Lipinski definition) is 3. The number of carbonyl (C=O) groups excluding carboxylic acids is 2. The summed E-state index contributed by atoms with van der Waals surface area (Å²) in [6.45, 7) is 9.66. The molecule has 0 spiro atoms. The Balaban J connectivity index is 1.49. The van der Waals surface area contributed by atoms with E-state index in [1.54, 1.807) is 4.52 Å². The number of aromatic nitrogens is 4. The molecule has 0 aliphatic carbocycles. The Bertz CT molecular complexity index is 1240. The Morgan fingerprint density at radius 2 is 2.08 bits per heavy atom. The van der Waals surface area contributed by atoms with E-state index in [4.69, 9.17) is 14.7 Å². The monoisotopic (exact) mass is 553 g/mol. The first-order chi connectivity index (χ1) is 17.4. The van der Waals surface area contributed by atoms with E-state index in [1.165, 1.54) is 0 Å². The third-order valence-corrected chi connectivity index (χ3v) is 8.06. The topological polar surface area (TPSA) is 123 Å². The number of benzene rings is 1. The SMILES string of the molecule is C=CC(=O)NCC(=O)[AsH]c1cccc(CNc2nc(NC3CCOCC3)nc3c(C(C)C)cnn23)c1. The standard InChI is InChI=1S/C25H32AsN7O3/c1-4-22(35)27-15-21(34)26-18-7-5-6-17(12-18)13-28-25-32-24(30-19-8-10-36-11-9-19)31-23-20(16(2)3)14-29-33(23)25/h4-7,12,14,16,19,26H,1,8-11,13,15H2,2-3H3,(H,27,35)(H2,28,30,31,32). The fraction of sp³-hybridized carbons (Fsp3) is 0.400. The van der Waals surface area contributed by atoms with Crippen molar-refractivity contribution < 1.29 is 14.3 Å². The van der Waals surface area contributed by atoms with Crippen molar-refractivity contribution in [2.75, 3.05) is 30.4 Å². The van der Waals surface area contributed by atoms with Gasteiger partial charge in [-0.05, 0) is 0 Å². The summed E-state index contributed by atoms with van der Waals surface area (Å²) < 4.78 is 8.27. The Labute approximate surface area is 217 Å². The number of rotatable bonds is 11. The van der Waals surface area contributed by atoms with Gasteiger partial charge in [0.25, 0.3) is 0 Å². The number of anilines is 2. The molecule has 10 nitrogen and oxygen atoms in total. The summed E-state index contributed by atoms with van der Waals surface area (Å²) in [6.07, 6.45) is 4.85. The Kier molecular flexibility index (Phi) is 8.72. The van der Waals surface area contributed by atoms with Crippen LogP contribution in [0.3, 0.4) is 0 Å². The molecule has 1 atom stereocenters. The summed E-state index contributed by atoms with van der Waals surface area (Å²) in [7, 11) is 0. The van der Waals surface area contributed by atoms with Crippen molar-refractivity contribution in [2.45, 2.75) is 45.2 Å². The zero-order valence-electron chi connectivity index (χ0n) is 20.6. The minimum atomic E-state index is -1.04. The first-order valence-electron chi connectivity index (χ1n) is 12.1. The van der Waals surface area contributed by atoms with E-state index >= 15 is 0 Å². The van der Waals surface area contributed by atoms with Crippen LogP contribution in [0.4, 0.5) is 11.9 Å². The molecule has 1 unspecified atom stereocenters. The van der Waals surface area contributed by atoms with E-state index in [2.05, 4.69) is 41.5 Å². The first kappa shape index (κ1) is 25.8. The second-order valence-corrected chi connectivity index (χ2v) is 11.8. The second-order valence-electron chi connectivity index (χ2n) is 8.92. The molecule has 0 radical (unpaired) electrons. The third-order valence-electron chi connectivity index (χ3n) is 5.84. The van der Waals surface area contributed by atoms with Gasteiger partial charge in [-0.2, -0.15) is 0 Å². The maximum absolute atomic E-state index is 12.3. The number of amides is 1. The molecule has 3 heterocycles. The molecular weight excluding hydrogens is 521 g/mol. The number of nitrogens with one attached hydrogen (secondary N) is 3. The Morgan fingerprint density at radius 3 is 2.83 bits per heavy atom. The summed E-state index contributed by atoms with van der Waals surface area (Å²) >= 11 is -1.04. The quantitative estimate of drug-likeness (QED) is 0.240. The van der Waals surface area contributed by atoms with Crippen molar-refractivity contribution in [3.8, 4) is 0 Å². The molecule has 0 saturated carbocycles. The Morgan fingerprint density at radius 1 is 1.28 bits per heavy atom. The summed E-state index contributed by atoms with van der Waals surface area (Å²) in [5.74, 6) is 1.11. The van der Waals surface area contributed by atoms with Crippen molar-refractivity contribution in [2.24, 2.45) is 0 Å². The number of hydrogen-bond acceptors (Lipinski definition) is 8. The molecule has 1 aliphatic heterocycles. The molecular formula is C25H32AsN7O3. The normalized spacial score (nSPS) is 14.4. The van der Waals surface area contributed by atoms with Gasteiger partial charge in [0.05, 0.1) is 0 Å². The number of ether oxygens (including phenoxy) is 1. The van der Waals surface area contributed by atoms with Crippen LogP contribution in [0.1, 0.15) is 43.7 Å². The fourth-order valence-corrected chi connectivity index (χ4v) is 5.85. The van der Waals surface area contributed by atoms with E-state index in [9.17, 15) is 9.59 Å². The van der Waals surface area contributed by atoms with E-state index in [0.717, 1.165) is 53.3 Å². The average Bonchev–Trinajstić information content (AvgIpc) is 3.31. The van der Waals surface area contributed by atoms with Crippen molar-refractivity contribution in [3.63, 3.8) is 0 Å². The van der Waals surface area contributed by atoms with Crippen LogP contribution >= 0.6 is 0 Å². The van der Waals surface area contributed by atoms with E-state index in [-0.39, 0.29) is 29.0 Å². The van der Waals surface area contributed by atoms with Crippen LogP contribution in [0.2, 0.25) is 0 Å². The first-order valence-corrected chi connectivity index (χ1v) is 14.2. The van der Waals surface area contributed by atoms with Gasteiger partial charge < -0.3 is 4.74 Å². The summed E-state index contributed by atoms with van der Waals surface area (Å²) in [5.41, 5.74) is 2.87. The molecule has 3 N–H and O–H groups in total. The van der Waals surface area contributed by atoms with Crippen LogP contribution in [0.5, 0.6) is 0 Å². The molecule has 190 valence electrons. The molecule has 3 aromatic rings. The third kappa shape index (κ3) is 6.71. The van der Waals surface area contributed by atoms with Crippen LogP contribution in [-0.4, -0.2) is 71.6 Å². The summed E-state index contributed by atoms with van der Waals surface area (Å²) in [5, 5.41) is 14.0. The summed E-state index contributed by atoms with van der Waals surface area (Å²) in [4.78, 5) is 33.1. The predicted molar refractivity (Wildman–Crippen MR) is 141 cm³/mol. The molecule has 36 heavy (non-hydrogen) atoms. The molecule has 2 aromatic heterocycles. The molecule has 4 rings (SSSR count). The molecule has 1 amide bonds. The van der Waals surface area contributed by atoms with E-state index in [1.807, 2.05) is 30.5 Å². The van der Waals surface area contributed by atoms with E-state index < -0.39 is 15.8 Å². The molecule has 1 fully saturated rings. The summed E-state index contributed by atoms with van der Waals surface area (Å²) in [6, 6.07) is 8.22. The number of fused-ring (bicyclic) bond motifs is 1. The second kappa shape index (κ2) is 12.1. The molecule has 1 aromatic carbocycles. The van der Waals surface area contributed by atoms with Gasteiger partial charge in [-0.15, -0.1) is 0 Å². The molecule has 1 aliphatic rings. The number of carbonyl (C=O) groups is 2. The van der Waals surface area contributed by atoms with Crippen molar-refractivity contribution in [3.05, 3.63) is 54.2 Å². The molecule has 1 saturated heterocycles. The van der Waals surface area contributed by atoms with Gasteiger partial charge in [-0.1, -0.05) is 0 Å². The van der Waals surface area contributed by atoms with Crippen molar-refractivity contribution in [1.82, 2.24) is 24.9 Å². The van der Waals surface area contributed by atoms with Gasteiger partial charge in [-0.25, -0.2) is 0 Å². The zero-order valence-corrected chi connectivity index (χ0v) is 22.7. The minimum absolute atomic E-state index is 0.0344. The fourth-order valence-electron chi connectivity index (χ4n) is 3.89. The zero-order chi connectivity index (χ0) is 25.5. The van der Waals surface area contributed by atoms with Gasteiger partial charge >= 0.3 is 212 Å². The van der Waals surface area contributed by atoms with Crippen molar-refractivity contribution >= 4 is 48.1 Å². The van der Waals surface area contributed by atoms with E-state index in [0.29, 0.717) is 18.4 Å². The maximum atomic E-state index is 12.3. The van der Waals surface area contributed by atoms with Crippen LogP contribution < -0.4 is 20.3 Å². The number of nitrogens with zero attached hydrogens (tertiary/aromatic N) is 4. The van der Waals surface area contributed by atoms with Gasteiger partial charge in [0.15, 0.2) is 0 Å². The van der Waals surface area contributed by atoms with Crippen molar-refractivity contribution in [1.29, 1.82) is 0 Å². The Hall–Kier alpha value is -3.23. The van der Waals surface area contributed by atoms with Gasteiger partial charge in [0, 0.05) is 0 Å². The van der Waals surface area contributed by atoms with Crippen LogP contribution in [-0.2, 0) is 20.9 Å². The molecule has 0 bridgehead atoms. The predicted octanol–water partition coefficient (Wildman–Crippen LogP) is 1.34. The van der Waals surface area contributed by atoms with Gasteiger partial charge in [0.2, 0.25) is 0 Å². The average molecular weight is 553 g/mol. The van der Waals surface area contributed by atoms with Crippen LogP contribution in [0, 0.1) is 0 Å². The van der Waals surface area contributed by atoms with Crippen LogP contribution in [0.15, 0.2) is 43.1 Å². The van der Waals surface area contributed by atoms with Gasteiger partial charge in [0.1, 0.15) is 0 Å². The van der Waals surface area contributed by atoms with Gasteiger partial charge in [-0.3, -0.25) is 0 Å². The van der Waals surface area contributed by atoms with Crippen LogP contribution in [0.25, 0.3) is 5.65 Å².